The molecule has 1 unspecified atom stereocenters. The number of benzene rings is 2. The van der Waals surface area contributed by atoms with Crippen molar-refractivity contribution in [2.24, 2.45) is 5.92 Å². The maximum absolute atomic E-state index is 5.29. The highest BCUT2D eigenvalue weighted by atomic mass is 16.5. The van der Waals surface area contributed by atoms with Crippen molar-refractivity contribution < 1.29 is 4.74 Å². The Labute approximate surface area is 114 Å². The standard InChI is InChI=1S/C17H19NO/c1-18-10-15-9-17(15,11-18)14-5-3-13-8-16(19-2)6-4-12(13)7-14/h3-8,15H,9-11H2,1-2H3/t15-,17?/m1/s1. The summed E-state index contributed by atoms with van der Waals surface area (Å²) in [5.41, 5.74) is 1.99. The second-order valence-electron chi connectivity index (χ2n) is 6.18. The van der Waals surface area contributed by atoms with E-state index >= 15 is 0 Å². The molecule has 2 atom stereocenters. The van der Waals surface area contributed by atoms with Crippen molar-refractivity contribution in [2.75, 3.05) is 27.2 Å². The quantitative estimate of drug-likeness (QED) is 0.815. The highest BCUT2D eigenvalue weighted by Crippen LogP contribution is 2.58. The van der Waals surface area contributed by atoms with Gasteiger partial charge in [0, 0.05) is 18.5 Å². The number of fused-ring (bicyclic) bond motifs is 2. The number of rotatable bonds is 2. The van der Waals surface area contributed by atoms with Gasteiger partial charge >= 0.3 is 0 Å². The first-order valence-corrected chi connectivity index (χ1v) is 6.98. The van der Waals surface area contributed by atoms with E-state index in [0.717, 1.165) is 11.7 Å². The van der Waals surface area contributed by atoms with Gasteiger partial charge in [-0.05, 0) is 47.9 Å². The predicted octanol–water partition coefficient (Wildman–Crippen LogP) is 3.05. The number of hydrogen-bond acceptors (Lipinski definition) is 2. The third-order valence-corrected chi connectivity index (χ3v) is 4.94. The summed E-state index contributed by atoms with van der Waals surface area (Å²) < 4.78 is 5.29. The van der Waals surface area contributed by atoms with E-state index in [0.29, 0.717) is 5.41 Å². The van der Waals surface area contributed by atoms with Crippen molar-refractivity contribution in [3.8, 4) is 5.75 Å². The molecule has 2 nitrogen and oxygen atoms in total. The SMILES string of the molecule is COc1ccc2cc(C34C[C@@H]3CN(C)C4)ccc2c1. The van der Waals surface area contributed by atoms with E-state index in [1.165, 1.54) is 35.8 Å². The molecule has 1 aliphatic heterocycles. The van der Waals surface area contributed by atoms with E-state index in [1.807, 2.05) is 0 Å². The van der Waals surface area contributed by atoms with Crippen molar-refractivity contribution in [3.63, 3.8) is 0 Å². The second kappa shape index (κ2) is 3.73. The van der Waals surface area contributed by atoms with Gasteiger partial charge < -0.3 is 9.64 Å². The van der Waals surface area contributed by atoms with Crippen LogP contribution in [0.15, 0.2) is 36.4 Å². The normalized spacial score (nSPS) is 29.5. The summed E-state index contributed by atoms with van der Waals surface area (Å²) in [5, 5.41) is 2.59. The average Bonchev–Trinajstić information content (AvgIpc) is 3.01. The zero-order chi connectivity index (χ0) is 13.0. The predicted molar refractivity (Wildman–Crippen MR) is 77.8 cm³/mol. The lowest BCUT2D eigenvalue weighted by Gasteiger charge is -2.17. The van der Waals surface area contributed by atoms with E-state index in [9.17, 15) is 0 Å². The van der Waals surface area contributed by atoms with E-state index in [-0.39, 0.29) is 0 Å². The molecular weight excluding hydrogens is 234 g/mol. The molecule has 0 bridgehead atoms. The highest BCUT2D eigenvalue weighted by molar-refractivity contribution is 5.85. The number of likely N-dealkylation sites (N-methyl/N-ethyl adjacent to an activating group) is 1. The summed E-state index contributed by atoms with van der Waals surface area (Å²) in [4.78, 5) is 2.46. The van der Waals surface area contributed by atoms with Crippen molar-refractivity contribution in [1.29, 1.82) is 0 Å². The van der Waals surface area contributed by atoms with Gasteiger partial charge in [0.25, 0.3) is 0 Å². The molecule has 2 aromatic carbocycles. The first-order valence-electron chi connectivity index (χ1n) is 6.98. The number of methoxy groups -OCH3 is 1. The van der Waals surface area contributed by atoms with Crippen LogP contribution in [0.4, 0.5) is 0 Å². The number of nitrogens with zero attached hydrogens (tertiary/aromatic N) is 1. The van der Waals surface area contributed by atoms with Crippen LogP contribution in [0.3, 0.4) is 0 Å². The molecule has 0 spiro atoms. The Morgan fingerprint density at radius 3 is 2.68 bits per heavy atom. The molecule has 0 N–H and O–H groups in total. The van der Waals surface area contributed by atoms with Gasteiger partial charge in [0.1, 0.15) is 5.75 Å². The van der Waals surface area contributed by atoms with Gasteiger partial charge in [-0.2, -0.15) is 0 Å². The molecule has 1 aliphatic carbocycles. The Morgan fingerprint density at radius 1 is 1.16 bits per heavy atom. The monoisotopic (exact) mass is 253 g/mol. The fraction of sp³-hybridized carbons (Fsp3) is 0.412. The topological polar surface area (TPSA) is 12.5 Å². The maximum atomic E-state index is 5.29. The molecule has 1 saturated heterocycles. The third-order valence-electron chi connectivity index (χ3n) is 4.94. The van der Waals surface area contributed by atoms with Crippen LogP contribution >= 0.6 is 0 Å². The summed E-state index contributed by atoms with van der Waals surface area (Å²) in [6.07, 6.45) is 1.37. The van der Waals surface area contributed by atoms with Crippen LogP contribution in [-0.2, 0) is 5.41 Å². The van der Waals surface area contributed by atoms with Crippen LogP contribution in [0.2, 0.25) is 0 Å². The minimum Gasteiger partial charge on any atom is -0.497 e. The molecule has 98 valence electrons. The van der Waals surface area contributed by atoms with Gasteiger partial charge in [0.2, 0.25) is 0 Å². The van der Waals surface area contributed by atoms with E-state index in [2.05, 4.69) is 48.3 Å². The number of hydrogen-bond donors (Lipinski definition) is 0. The first kappa shape index (κ1) is 11.3. The van der Waals surface area contributed by atoms with Crippen LogP contribution in [0.25, 0.3) is 10.8 Å². The van der Waals surface area contributed by atoms with E-state index in [4.69, 9.17) is 4.74 Å². The second-order valence-corrected chi connectivity index (χ2v) is 6.18. The maximum Gasteiger partial charge on any atom is 0.119 e. The van der Waals surface area contributed by atoms with Crippen molar-refractivity contribution >= 4 is 10.8 Å². The molecule has 19 heavy (non-hydrogen) atoms. The van der Waals surface area contributed by atoms with E-state index < -0.39 is 0 Å². The third kappa shape index (κ3) is 1.59. The molecule has 1 saturated carbocycles. The van der Waals surface area contributed by atoms with Crippen LogP contribution in [0, 0.1) is 5.92 Å². The average molecular weight is 253 g/mol. The number of ether oxygens (including phenoxy) is 1. The molecular formula is C17H19NO. The van der Waals surface area contributed by atoms with Crippen LogP contribution in [0.1, 0.15) is 12.0 Å². The van der Waals surface area contributed by atoms with Crippen LogP contribution < -0.4 is 4.74 Å². The molecule has 1 heterocycles. The van der Waals surface area contributed by atoms with Crippen LogP contribution in [0.5, 0.6) is 5.75 Å². The molecule has 0 aromatic heterocycles. The number of piperidine rings is 1. The zero-order valence-electron chi connectivity index (χ0n) is 11.5. The summed E-state index contributed by atoms with van der Waals surface area (Å²) in [6.45, 7) is 2.49. The smallest absolute Gasteiger partial charge is 0.119 e. The molecule has 2 aromatic rings. The molecule has 2 aliphatic rings. The zero-order valence-corrected chi connectivity index (χ0v) is 11.5. The molecule has 0 radical (unpaired) electrons. The lowest BCUT2D eigenvalue weighted by Crippen LogP contribution is -2.22. The van der Waals surface area contributed by atoms with Crippen molar-refractivity contribution in [2.45, 2.75) is 11.8 Å². The Kier molecular flexibility index (Phi) is 2.22. The number of likely N-dealkylation sites (tertiary alicyclic amines) is 1. The Bertz CT molecular complexity index is 651. The Balaban J connectivity index is 1.77. The summed E-state index contributed by atoms with van der Waals surface area (Å²) in [7, 11) is 3.96. The van der Waals surface area contributed by atoms with Gasteiger partial charge in [-0.1, -0.05) is 24.3 Å². The van der Waals surface area contributed by atoms with Crippen molar-refractivity contribution in [3.05, 3.63) is 42.0 Å². The lowest BCUT2D eigenvalue weighted by atomic mass is 9.93. The Morgan fingerprint density at radius 2 is 1.95 bits per heavy atom. The first-order chi connectivity index (χ1) is 9.21. The van der Waals surface area contributed by atoms with Gasteiger partial charge in [0.05, 0.1) is 7.11 Å². The summed E-state index contributed by atoms with van der Waals surface area (Å²) >= 11 is 0. The minimum atomic E-state index is 0.461. The van der Waals surface area contributed by atoms with Gasteiger partial charge in [0.15, 0.2) is 0 Å². The molecule has 2 fully saturated rings. The Hall–Kier alpha value is -1.54. The molecule has 2 heteroatoms. The minimum absolute atomic E-state index is 0.461. The molecule has 4 rings (SSSR count). The largest absolute Gasteiger partial charge is 0.497 e. The fourth-order valence-corrected chi connectivity index (χ4v) is 3.84. The van der Waals surface area contributed by atoms with Gasteiger partial charge in [-0.3, -0.25) is 0 Å². The molecule has 0 amide bonds. The fourth-order valence-electron chi connectivity index (χ4n) is 3.84. The van der Waals surface area contributed by atoms with Crippen molar-refractivity contribution in [1.82, 2.24) is 4.90 Å². The van der Waals surface area contributed by atoms with E-state index in [1.54, 1.807) is 7.11 Å². The van der Waals surface area contributed by atoms with Gasteiger partial charge in [-0.15, -0.1) is 0 Å². The highest BCUT2D eigenvalue weighted by Gasteiger charge is 2.59. The van der Waals surface area contributed by atoms with Gasteiger partial charge in [-0.25, -0.2) is 0 Å². The summed E-state index contributed by atoms with van der Waals surface area (Å²) in [6, 6.07) is 13.3. The van der Waals surface area contributed by atoms with Crippen LogP contribution in [-0.4, -0.2) is 32.1 Å². The summed E-state index contributed by atoms with van der Waals surface area (Å²) in [5.74, 6) is 1.82. The lowest BCUT2D eigenvalue weighted by molar-refractivity contribution is 0.363.